The van der Waals surface area contributed by atoms with Crippen molar-refractivity contribution in [3.8, 4) is 0 Å². The lowest BCUT2D eigenvalue weighted by molar-refractivity contribution is -0.129. The number of para-hydroxylation sites is 1. The Kier molecular flexibility index (Phi) is 9.45. The number of ketones is 1. The zero-order valence-corrected chi connectivity index (χ0v) is 18.1. The van der Waals surface area contributed by atoms with Crippen molar-refractivity contribution in [2.45, 2.75) is 70.9 Å². The number of Topliss-reactive ketones (excluding diaryl/α,β-unsaturated/α-hetero) is 1. The molecule has 1 aromatic carbocycles. The van der Waals surface area contributed by atoms with Gasteiger partial charge in [-0.25, -0.2) is 0 Å². The van der Waals surface area contributed by atoms with E-state index in [9.17, 15) is 9.59 Å². The van der Waals surface area contributed by atoms with Crippen LogP contribution in [0.5, 0.6) is 0 Å². The van der Waals surface area contributed by atoms with Crippen LogP contribution in [-0.4, -0.2) is 52.8 Å². The minimum Gasteiger partial charge on any atom is -0.366 e. The number of fused-ring (bicyclic) bond motifs is 1. The Hall–Kier alpha value is -2.26. The third-order valence-corrected chi connectivity index (χ3v) is 5.03. The van der Waals surface area contributed by atoms with Crippen molar-refractivity contribution < 1.29 is 14.7 Å². The molecule has 0 saturated carbocycles. The summed E-state index contributed by atoms with van der Waals surface area (Å²) in [7, 11) is 0. The number of H-pyrrole nitrogens is 1. The molecule has 1 amide bonds. The molecule has 0 fully saturated rings. The minimum absolute atomic E-state index is 0.00737. The van der Waals surface area contributed by atoms with Gasteiger partial charge in [-0.3, -0.25) is 20.6 Å². The van der Waals surface area contributed by atoms with Crippen LogP contribution in [-0.2, 0) is 16.0 Å². The third-order valence-electron chi connectivity index (χ3n) is 5.03. The number of aromatic amines is 1. The maximum Gasteiger partial charge on any atom is 0.238 e. The standard InChI is InChI=1S/C22H35N5O3/c1-4-20(28)18(10-7-11-24-22(23)30)27-21(29)19(26-14(2)3)12-15-13-25-17-9-6-5-8-16(15)17/h5-6,8-9,13-14,18-19,22,24-26,30H,4,7,10-12,23H2,1-3H3,(H,27,29)/t18-,19-,22?/m0/s1. The fraction of sp³-hybridized carbons (Fsp3) is 0.545. The second kappa shape index (κ2) is 11.8. The van der Waals surface area contributed by atoms with Crippen molar-refractivity contribution in [2.75, 3.05) is 6.54 Å². The molecule has 166 valence electrons. The molecule has 2 rings (SSSR count). The van der Waals surface area contributed by atoms with E-state index in [1.165, 1.54) is 0 Å². The summed E-state index contributed by atoms with van der Waals surface area (Å²) in [6.07, 6.45) is 2.81. The molecule has 0 saturated heterocycles. The average Bonchev–Trinajstić information content (AvgIpc) is 3.11. The van der Waals surface area contributed by atoms with Gasteiger partial charge >= 0.3 is 0 Å². The van der Waals surface area contributed by atoms with E-state index in [0.29, 0.717) is 32.2 Å². The number of amides is 1. The number of carbonyl (C=O) groups is 2. The molecule has 1 unspecified atom stereocenters. The van der Waals surface area contributed by atoms with Gasteiger partial charge in [0.2, 0.25) is 5.91 Å². The lowest BCUT2D eigenvalue weighted by Crippen LogP contribution is -2.52. The van der Waals surface area contributed by atoms with Crippen LogP contribution >= 0.6 is 0 Å². The van der Waals surface area contributed by atoms with Crippen molar-refractivity contribution in [3.63, 3.8) is 0 Å². The Morgan fingerprint density at radius 2 is 1.93 bits per heavy atom. The summed E-state index contributed by atoms with van der Waals surface area (Å²) in [4.78, 5) is 28.7. The lowest BCUT2D eigenvalue weighted by atomic mass is 10.0. The first-order valence-corrected chi connectivity index (χ1v) is 10.6. The number of benzene rings is 1. The molecular formula is C22H35N5O3. The van der Waals surface area contributed by atoms with E-state index in [2.05, 4.69) is 20.9 Å². The zero-order chi connectivity index (χ0) is 22.1. The van der Waals surface area contributed by atoms with Gasteiger partial charge in [-0.05, 0) is 37.4 Å². The third kappa shape index (κ3) is 7.21. The van der Waals surface area contributed by atoms with Crippen LogP contribution in [0.15, 0.2) is 30.5 Å². The molecule has 0 aliphatic rings. The summed E-state index contributed by atoms with van der Waals surface area (Å²) in [5, 5.41) is 19.2. The van der Waals surface area contributed by atoms with Crippen molar-refractivity contribution >= 4 is 22.6 Å². The molecule has 0 aliphatic carbocycles. The Morgan fingerprint density at radius 1 is 1.20 bits per heavy atom. The van der Waals surface area contributed by atoms with Crippen molar-refractivity contribution in [2.24, 2.45) is 5.73 Å². The smallest absolute Gasteiger partial charge is 0.238 e. The van der Waals surface area contributed by atoms with E-state index >= 15 is 0 Å². The van der Waals surface area contributed by atoms with Crippen LogP contribution in [0.1, 0.15) is 45.6 Å². The normalized spacial score (nSPS) is 14.6. The monoisotopic (exact) mass is 417 g/mol. The number of hydrogen-bond acceptors (Lipinski definition) is 6. The molecule has 3 atom stereocenters. The van der Waals surface area contributed by atoms with Gasteiger partial charge in [-0.15, -0.1) is 0 Å². The maximum atomic E-state index is 13.1. The molecule has 0 aliphatic heterocycles. The summed E-state index contributed by atoms with van der Waals surface area (Å²) in [6, 6.07) is 7.09. The molecule has 1 aromatic heterocycles. The summed E-state index contributed by atoms with van der Waals surface area (Å²) >= 11 is 0. The fourth-order valence-corrected chi connectivity index (χ4v) is 3.54. The van der Waals surface area contributed by atoms with Crippen LogP contribution in [0, 0.1) is 0 Å². The topological polar surface area (TPSA) is 132 Å². The zero-order valence-electron chi connectivity index (χ0n) is 18.1. The first kappa shape index (κ1) is 24.0. The van der Waals surface area contributed by atoms with Crippen LogP contribution in [0.2, 0.25) is 0 Å². The van der Waals surface area contributed by atoms with Gasteiger partial charge in [0, 0.05) is 29.6 Å². The Balaban J connectivity index is 2.08. The van der Waals surface area contributed by atoms with Gasteiger partial charge in [0.15, 0.2) is 12.1 Å². The van der Waals surface area contributed by atoms with Crippen molar-refractivity contribution in [1.82, 2.24) is 20.9 Å². The first-order valence-electron chi connectivity index (χ1n) is 10.6. The SMILES string of the molecule is CCC(=O)[C@H](CCCNC(N)O)NC(=O)[C@H](Cc1c[nH]c2ccccc12)NC(C)C. The van der Waals surface area contributed by atoms with E-state index in [-0.39, 0.29) is 17.7 Å². The molecule has 8 nitrogen and oxygen atoms in total. The van der Waals surface area contributed by atoms with Gasteiger partial charge in [-0.1, -0.05) is 39.0 Å². The van der Waals surface area contributed by atoms with E-state index in [0.717, 1.165) is 16.5 Å². The molecule has 0 spiro atoms. The fourth-order valence-electron chi connectivity index (χ4n) is 3.54. The van der Waals surface area contributed by atoms with Crippen LogP contribution in [0.25, 0.3) is 10.9 Å². The van der Waals surface area contributed by atoms with Crippen LogP contribution in [0.3, 0.4) is 0 Å². The number of aliphatic hydroxyl groups excluding tert-OH is 1. The second-order valence-electron chi connectivity index (χ2n) is 7.86. The molecule has 8 heteroatoms. The van der Waals surface area contributed by atoms with Crippen LogP contribution in [0.4, 0.5) is 0 Å². The summed E-state index contributed by atoms with van der Waals surface area (Å²) in [5.41, 5.74) is 7.35. The Bertz CT molecular complexity index is 818. The largest absolute Gasteiger partial charge is 0.366 e. The number of hydrogen-bond donors (Lipinski definition) is 6. The predicted octanol–water partition coefficient (Wildman–Crippen LogP) is 1.15. The van der Waals surface area contributed by atoms with E-state index < -0.39 is 18.4 Å². The van der Waals surface area contributed by atoms with E-state index in [4.69, 9.17) is 10.8 Å². The van der Waals surface area contributed by atoms with Gasteiger partial charge in [0.25, 0.3) is 0 Å². The van der Waals surface area contributed by atoms with Gasteiger partial charge < -0.3 is 20.7 Å². The number of aliphatic hydroxyl groups is 1. The second-order valence-corrected chi connectivity index (χ2v) is 7.86. The highest BCUT2D eigenvalue weighted by Crippen LogP contribution is 2.19. The van der Waals surface area contributed by atoms with Gasteiger partial charge in [-0.2, -0.15) is 0 Å². The number of aromatic nitrogens is 1. The highest BCUT2D eigenvalue weighted by atomic mass is 16.3. The quantitative estimate of drug-likeness (QED) is 0.214. The van der Waals surface area contributed by atoms with E-state index in [1.54, 1.807) is 6.92 Å². The lowest BCUT2D eigenvalue weighted by Gasteiger charge is -2.24. The Labute approximate surface area is 178 Å². The summed E-state index contributed by atoms with van der Waals surface area (Å²) in [5.74, 6) is -0.195. The van der Waals surface area contributed by atoms with Gasteiger partial charge in [0.05, 0.1) is 12.1 Å². The number of rotatable bonds is 13. The predicted molar refractivity (Wildman–Crippen MR) is 119 cm³/mol. The molecule has 0 radical (unpaired) electrons. The number of carbonyl (C=O) groups excluding carboxylic acids is 2. The molecule has 7 N–H and O–H groups in total. The molecule has 30 heavy (non-hydrogen) atoms. The van der Waals surface area contributed by atoms with Crippen LogP contribution < -0.4 is 21.7 Å². The Morgan fingerprint density at radius 3 is 2.60 bits per heavy atom. The number of nitrogens with one attached hydrogen (secondary N) is 4. The van der Waals surface area contributed by atoms with E-state index in [1.807, 2.05) is 44.3 Å². The highest BCUT2D eigenvalue weighted by Gasteiger charge is 2.26. The molecule has 1 heterocycles. The van der Waals surface area contributed by atoms with Crippen molar-refractivity contribution in [3.05, 3.63) is 36.0 Å². The minimum atomic E-state index is -1.09. The average molecular weight is 418 g/mol. The molecular weight excluding hydrogens is 382 g/mol. The van der Waals surface area contributed by atoms with Gasteiger partial charge in [0.1, 0.15) is 0 Å². The maximum absolute atomic E-state index is 13.1. The molecule has 2 aromatic rings. The van der Waals surface area contributed by atoms with Crippen molar-refractivity contribution in [1.29, 1.82) is 0 Å². The summed E-state index contributed by atoms with van der Waals surface area (Å²) < 4.78 is 0. The highest BCUT2D eigenvalue weighted by molar-refractivity contribution is 5.91. The number of nitrogens with two attached hydrogens (primary N) is 1. The first-order chi connectivity index (χ1) is 14.3. The molecule has 0 bridgehead atoms. The summed E-state index contributed by atoms with van der Waals surface area (Å²) in [6.45, 7) is 6.24.